The number of benzene rings is 1. The van der Waals surface area contributed by atoms with Crippen LogP contribution in [0.25, 0.3) is 0 Å². The molecule has 2 spiro atoms. The van der Waals surface area contributed by atoms with Crippen molar-refractivity contribution in [3.05, 3.63) is 23.3 Å². The van der Waals surface area contributed by atoms with E-state index in [1.807, 2.05) is 0 Å². The highest BCUT2D eigenvalue weighted by atomic mass is 16.5. The van der Waals surface area contributed by atoms with Crippen molar-refractivity contribution in [2.75, 3.05) is 20.2 Å². The normalized spacial score (nSPS) is 41.5. The van der Waals surface area contributed by atoms with Crippen LogP contribution in [0.1, 0.15) is 54.4 Å². The van der Waals surface area contributed by atoms with Gasteiger partial charge in [-0.05, 0) is 50.2 Å². The Balaban J connectivity index is 1.49. The second-order valence-electron chi connectivity index (χ2n) is 10.5. The largest absolute Gasteiger partial charge is 0.493 e. The molecule has 6 aliphatic rings. The van der Waals surface area contributed by atoms with Gasteiger partial charge in [0.1, 0.15) is 23.3 Å². The van der Waals surface area contributed by atoms with E-state index in [0.717, 1.165) is 19.4 Å². The van der Waals surface area contributed by atoms with Crippen molar-refractivity contribution in [3.63, 3.8) is 0 Å². The van der Waals surface area contributed by atoms with E-state index in [4.69, 9.17) is 9.47 Å². The van der Waals surface area contributed by atoms with E-state index in [1.54, 1.807) is 12.1 Å². The highest BCUT2D eigenvalue weighted by Gasteiger charge is 2.79. The molecule has 0 aromatic heterocycles. The van der Waals surface area contributed by atoms with Gasteiger partial charge in [0.25, 0.3) is 0 Å². The third kappa shape index (κ3) is 1.92. The number of likely N-dealkylation sites (tertiary alicyclic amines) is 1. The number of hydrogen-bond donors (Lipinski definition) is 2. The first-order valence-corrected chi connectivity index (χ1v) is 11.6. The first-order chi connectivity index (χ1) is 15.4. The Morgan fingerprint density at radius 2 is 2.03 bits per heavy atom. The highest BCUT2D eigenvalue weighted by molar-refractivity contribution is 6.12. The number of ketones is 2. The third-order valence-electron chi connectivity index (χ3n) is 9.09. The first-order valence-electron chi connectivity index (χ1n) is 11.6. The monoisotopic (exact) mass is 438 g/mol. The first kappa shape index (κ1) is 19.1. The maximum Gasteiger partial charge on any atom is 0.228 e. The van der Waals surface area contributed by atoms with Crippen molar-refractivity contribution in [3.8, 4) is 11.5 Å². The molecule has 1 amide bonds. The molecule has 1 aromatic rings. The topological polar surface area (TPSA) is 105 Å². The van der Waals surface area contributed by atoms with E-state index in [9.17, 15) is 19.5 Å². The SMILES string of the molecule is COc1ccc2c3c1O[C@@H]1[C@]34CCN(CC3CC3)[C@H](C2=O)[C@]4(O)CC[C@]12NC(=O)CC2=O. The molecule has 32 heavy (non-hydrogen) atoms. The van der Waals surface area contributed by atoms with E-state index in [2.05, 4.69) is 10.2 Å². The number of nitrogens with one attached hydrogen (secondary N) is 1. The van der Waals surface area contributed by atoms with Crippen LogP contribution in [0.3, 0.4) is 0 Å². The summed E-state index contributed by atoms with van der Waals surface area (Å²) in [5, 5.41) is 15.4. The lowest BCUT2D eigenvalue weighted by Gasteiger charge is -2.64. The zero-order valence-corrected chi connectivity index (χ0v) is 18.0. The molecule has 2 N–H and O–H groups in total. The number of carbonyl (C=O) groups excluding carboxylic acids is 3. The fraction of sp³-hybridized carbons (Fsp3) is 0.625. The predicted octanol–water partition coefficient (Wildman–Crippen LogP) is 0.727. The van der Waals surface area contributed by atoms with Crippen molar-refractivity contribution in [1.82, 2.24) is 10.2 Å². The predicted molar refractivity (Wildman–Crippen MR) is 111 cm³/mol. The number of ether oxygens (including phenoxy) is 2. The third-order valence-corrected chi connectivity index (χ3v) is 9.09. The minimum absolute atomic E-state index is 0.0793. The summed E-state index contributed by atoms with van der Waals surface area (Å²) < 4.78 is 12.1. The minimum atomic E-state index is -1.37. The second-order valence-corrected chi connectivity index (χ2v) is 10.5. The summed E-state index contributed by atoms with van der Waals surface area (Å²) in [6, 6.07) is 2.84. The fourth-order valence-corrected chi connectivity index (χ4v) is 7.59. The molecule has 168 valence electrons. The van der Waals surface area contributed by atoms with E-state index >= 15 is 0 Å². The number of aliphatic hydroxyl groups is 1. The number of hydrogen-bond acceptors (Lipinski definition) is 7. The van der Waals surface area contributed by atoms with Gasteiger partial charge in [0.2, 0.25) is 5.91 Å². The van der Waals surface area contributed by atoms with Crippen molar-refractivity contribution in [1.29, 1.82) is 0 Å². The zero-order valence-electron chi connectivity index (χ0n) is 18.0. The fourth-order valence-electron chi connectivity index (χ4n) is 7.59. The summed E-state index contributed by atoms with van der Waals surface area (Å²) in [5.41, 5.74) is -2.28. The van der Waals surface area contributed by atoms with E-state index < -0.39 is 28.7 Å². The molecule has 8 nitrogen and oxygen atoms in total. The van der Waals surface area contributed by atoms with Gasteiger partial charge in [-0.2, -0.15) is 0 Å². The lowest BCUT2D eigenvalue weighted by molar-refractivity contribution is -0.192. The summed E-state index contributed by atoms with van der Waals surface area (Å²) in [7, 11) is 1.54. The van der Waals surface area contributed by atoms with Crippen molar-refractivity contribution >= 4 is 17.5 Å². The van der Waals surface area contributed by atoms with Crippen molar-refractivity contribution < 1.29 is 29.0 Å². The van der Waals surface area contributed by atoms with Crippen LogP contribution in [0, 0.1) is 5.92 Å². The smallest absolute Gasteiger partial charge is 0.228 e. The summed E-state index contributed by atoms with van der Waals surface area (Å²) in [6.45, 7) is 1.45. The molecule has 2 saturated heterocycles. The van der Waals surface area contributed by atoms with Crippen LogP contribution in [0.4, 0.5) is 0 Å². The molecule has 4 fully saturated rings. The number of carbonyl (C=O) groups is 3. The number of amides is 1. The van der Waals surface area contributed by atoms with Gasteiger partial charge in [-0.1, -0.05) is 0 Å². The van der Waals surface area contributed by atoms with Gasteiger partial charge in [0, 0.05) is 24.2 Å². The van der Waals surface area contributed by atoms with Gasteiger partial charge in [0.15, 0.2) is 23.1 Å². The average molecular weight is 438 g/mol. The summed E-state index contributed by atoms with van der Waals surface area (Å²) in [4.78, 5) is 41.6. The standard InChI is InChI=1S/C24H26N2O6/c1-31-14-5-4-13-17-19(14)32-21-22(17)8-9-26(11-12-2-3-12)20(18(13)29)24(22,30)7-6-23(21)15(27)10-16(28)25-23/h4-5,12,20-21,30H,2-3,6-11H2,1H3,(H,25,28)/t20-,21-,22+,23-,24-/m1/s1. The maximum absolute atomic E-state index is 13.9. The number of nitrogens with zero attached hydrogens (tertiary/aromatic N) is 1. The molecule has 3 aliphatic heterocycles. The Morgan fingerprint density at radius 1 is 1.22 bits per heavy atom. The number of fused-ring (bicyclic) bond motifs is 1. The molecule has 2 bridgehead atoms. The maximum atomic E-state index is 13.9. The Morgan fingerprint density at radius 3 is 2.72 bits per heavy atom. The number of piperidine rings is 1. The molecule has 7 rings (SSSR count). The van der Waals surface area contributed by atoms with Crippen LogP contribution >= 0.6 is 0 Å². The molecular weight excluding hydrogens is 412 g/mol. The lowest BCUT2D eigenvalue weighted by Crippen LogP contribution is -2.82. The molecule has 2 saturated carbocycles. The molecule has 0 radical (unpaired) electrons. The van der Waals surface area contributed by atoms with E-state index in [0.29, 0.717) is 41.5 Å². The van der Waals surface area contributed by atoms with Gasteiger partial charge in [-0.15, -0.1) is 0 Å². The van der Waals surface area contributed by atoms with Crippen LogP contribution in [0.5, 0.6) is 11.5 Å². The van der Waals surface area contributed by atoms with Gasteiger partial charge in [-0.3, -0.25) is 19.3 Å². The number of Topliss-reactive ketones (excluding diaryl/α,β-unsaturated/α-hetero) is 2. The molecule has 3 aliphatic carbocycles. The lowest BCUT2D eigenvalue weighted by atomic mass is 9.45. The van der Waals surface area contributed by atoms with Gasteiger partial charge in [-0.25, -0.2) is 0 Å². The highest BCUT2D eigenvalue weighted by Crippen LogP contribution is 2.67. The molecular formula is C24H26N2O6. The molecule has 1 aromatic carbocycles. The summed E-state index contributed by atoms with van der Waals surface area (Å²) >= 11 is 0. The Labute approximate surface area is 185 Å². The van der Waals surface area contributed by atoms with Gasteiger partial charge in [0.05, 0.1) is 18.9 Å². The van der Waals surface area contributed by atoms with Gasteiger partial charge < -0.3 is 19.9 Å². The average Bonchev–Trinajstić information content (AvgIpc) is 3.43. The van der Waals surface area contributed by atoms with Gasteiger partial charge >= 0.3 is 0 Å². The van der Waals surface area contributed by atoms with E-state index in [1.165, 1.54) is 7.11 Å². The molecule has 8 heteroatoms. The molecule has 3 heterocycles. The van der Waals surface area contributed by atoms with Crippen LogP contribution < -0.4 is 14.8 Å². The van der Waals surface area contributed by atoms with Crippen LogP contribution in [0.2, 0.25) is 0 Å². The number of rotatable bonds is 3. The van der Waals surface area contributed by atoms with Crippen LogP contribution in [-0.4, -0.2) is 71.0 Å². The Bertz CT molecular complexity index is 1110. The quantitative estimate of drug-likeness (QED) is 0.671. The van der Waals surface area contributed by atoms with E-state index in [-0.39, 0.29) is 36.7 Å². The van der Waals surface area contributed by atoms with Crippen molar-refractivity contribution in [2.24, 2.45) is 5.92 Å². The minimum Gasteiger partial charge on any atom is -0.493 e. The Kier molecular flexibility index (Phi) is 3.41. The number of methoxy groups -OCH3 is 1. The Hall–Kier alpha value is -2.45. The van der Waals surface area contributed by atoms with Crippen LogP contribution in [-0.2, 0) is 15.0 Å². The molecule has 5 atom stereocenters. The second kappa shape index (κ2) is 5.72. The summed E-state index contributed by atoms with van der Waals surface area (Å²) in [5.74, 6) is 0.919. The summed E-state index contributed by atoms with van der Waals surface area (Å²) in [6.07, 6.45) is 2.45. The molecule has 0 unspecified atom stereocenters. The van der Waals surface area contributed by atoms with Crippen LogP contribution in [0.15, 0.2) is 12.1 Å². The van der Waals surface area contributed by atoms with Crippen molar-refractivity contribution in [2.45, 2.75) is 67.2 Å². The zero-order chi connectivity index (χ0) is 22.0.